The Morgan fingerprint density at radius 3 is 2.94 bits per heavy atom. The quantitative estimate of drug-likeness (QED) is 0.391. The molecule has 0 spiro atoms. The molecule has 0 aromatic carbocycles. The molecule has 0 aliphatic heterocycles. The fourth-order valence-corrected chi connectivity index (χ4v) is 2.59. The molecule has 0 atom stereocenters. The SMILES string of the molecule is Cc1c([N+](=O)[O-])cnc(SCCCO)c1Br. The van der Waals surface area contributed by atoms with Crippen molar-refractivity contribution >= 4 is 33.4 Å². The number of rotatable bonds is 5. The first-order chi connectivity index (χ1) is 7.57. The second kappa shape index (κ2) is 6.17. The predicted octanol–water partition coefficient (Wildman–Crippen LogP) is 2.54. The first-order valence-electron chi connectivity index (χ1n) is 4.61. The van der Waals surface area contributed by atoms with Gasteiger partial charge in [0.25, 0.3) is 5.69 Å². The van der Waals surface area contributed by atoms with Gasteiger partial charge in [0, 0.05) is 17.9 Å². The molecular formula is C9H11BrN2O3S. The number of nitro groups is 1. The van der Waals surface area contributed by atoms with Crippen LogP contribution in [0.3, 0.4) is 0 Å². The van der Waals surface area contributed by atoms with Crippen LogP contribution in [0.4, 0.5) is 5.69 Å². The Labute approximate surface area is 106 Å². The molecule has 0 radical (unpaired) electrons. The third-order valence-electron chi connectivity index (χ3n) is 1.94. The largest absolute Gasteiger partial charge is 0.396 e. The summed E-state index contributed by atoms with van der Waals surface area (Å²) in [5, 5.41) is 20.0. The van der Waals surface area contributed by atoms with Gasteiger partial charge in [0.05, 0.1) is 9.40 Å². The number of pyridine rings is 1. The molecule has 1 heterocycles. The van der Waals surface area contributed by atoms with Crippen LogP contribution in [0.2, 0.25) is 0 Å². The Morgan fingerprint density at radius 2 is 2.38 bits per heavy atom. The summed E-state index contributed by atoms with van der Waals surface area (Å²) in [4.78, 5) is 14.2. The third kappa shape index (κ3) is 3.16. The molecule has 0 amide bonds. The van der Waals surface area contributed by atoms with Crippen molar-refractivity contribution in [3.8, 4) is 0 Å². The van der Waals surface area contributed by atoms with E-state index < -0.39 is 4.92 Å². The number of halogens is 1. The second-order valence-electron chi connectivity index (χ2n) is 3.07. The van der Waals surface area contributed by atoms with Crippen molar-refractivity contribution in [2.45, 2.75) is 18.4 Å². The summed E-state index contributed by atoms with van der Waals surface area (Å²) in [6.45, 7) is 1.82. The zero-order valence-electron chi connectivity index (χ0n) is 8.64. The Morgan fingerprint density at radius 1 is 1.69 bits per heavy atom. The van der Waals surface area contributed by atoms with Crippen molar-refractivity contribution in [2.24, 2.45) is 0 Å². The molecular weight excluding hydrogens is 296 g/mol. The lowest BCUT2D eigenvalue weighted by Gasteiger charge is -2.05. The summed E-state index contributed by atoms with van der Waals surface area (Å²) in [5.74, 6) is 0.735. The van der Waals surface area contributed by atoms with Crippen molar-refractivity contribution in [3.63, 3.8) is 0 Å². The molecule has 1 N–H and O–H groups in total. The molecule has 16 heavy (non-hydrogen) atoms. The number of aliphatic hydroxyl groups excluding tert-OH is 1. The van der Waals surface area contributed by atoms with Crippen molar-refractivity contribution in [1.82, 2.24) is 4.98 Å². The Balaban J connectivity index is 2.89. The highest BCUT2D eigenvalue weighted by molar-refractivity contribution is 9.10. The van der Waals surface area contributed by atoms with E-state index >= 15 is 0 Å². The van der Waals surface area contributed by atoms with E-state index in [4.69, 9.17) is 5.11 Å². The minimum atomic E-state index is -0.449. The molecule has 88 valence electrons. The monoisotopic (exact) mass is 306 g/mol. The lowest BCUT2D eigenvalue weighted by Crippen LogP contribution is -1.96. The van der Waals surface area contributed by atoms with Crippen LogP contribution >= 0.6 is 27.7 Å². The molecule has 0 aliphatic rings. The van der Waals surface area contributed by atoms with Gasteiger partial charge in [0.15, 0.2) is 0 Å². The molecule has 0 saturated heterocycles. The van der Waals surface area contributed by atoms with E-state index in [0.29, 0.717) is 16.5 Å². The normalized spacial score (nSPS) is 10.4. The maximum atomic E-state index is 10.7. The molecule has 5 nitrogen and oxygen atoms in total. The molecule has 0 saturated carbocycles. The molecule has 1 aromatic heterocycles. The molecule has 0 fully saturated rings. The summed E-state index contributed by atoms with van der Waals surface area (Å²) in [6.07, 6.45) is 1.94. The Bertz CT molecular complexity index is 401. The summed E-state index contributed by atoms with van der Waals surface area (Å²) in [6, 6.07) is 0. The highest BCUT2D eigenvalue weighted by Gasteiger charge is 2.16. The Hall–Kier alpha value is -0.660. The van der Waals surface area contributed by atoms with Crippen molar-refractivity contribution in [2.75, 3.05) is 12.4 Å². The van der Waals surface area contributed by atoms with Crippen LogP contribution in [-0.2, 0) is 0 Å². The van der Waals surface area contributed by atoms with E-state index in [1.54, 1.807) is 6.92 Å². The van der Waals surface area contributed by atoms with E-state index in [0.717, 1.165) is 10.8 Å². The van der Waals surface area contributed by atoms with Crippen LogP contribution in [0.5, 0.6) is 0 Å². The standard InChI is InChI=1S/C9H11BrN2O3S/c1-6-7(12(14)15)5-11-9(8(6)10)16-4-2-3-13/h5,13H,2-4H2,1H3. The summed E-state index contributed by atoms with van der Waals surface area (Å²) < 4.78 is 0.657. The number of aliphatic hydroxyl groups is 1. The van der Waals surface area contributed by atoms with Gasteiger partial charge in [-0.15, -0.1) is 11.8 Å². The van der Waals surface area contributed by atoms with Gasteiger partial charge in [-0.25, -0.2) is 4.98 Å². The zero-order valence-corrected chi connectivity index (χ0v) is 11.0. The van der Waals surface area contributed by atoms with Crippen LogP contribution < -0.4 is 0 Å². The maximum absolute atomic E-state index is 10.7. The number of hydrogen-bond acceptors (Lipinski definition) is 5. The van der Waals surface area contributed by atoms with Crippen molar-refractivity contribution < 1.29 is 10.0 Å². The number of thioether (sulfide) groups is 1. The first kappa shape index (κ1) is 13.4. The van der Waals surface area contributed by atoms with Gasteiger partial charge in [-0.1, -0.05) is 0 Å². The zero-order chi connectivity index (χ0) is 12.1. The van der Waals surface area contributed by atoms with Crippen LogP contribution in [0.1, 0.15) is 12.0 Å². The van der Waals surface area contributed by atoms with Crippen molar-refractivity contribution in [1.29, 1.82) is 0 Å². The number of nitrogens with zero attached hydrogens (tertiary/aromatic N) is 2. The van der Waals surface area contributed by atoms with E-state index in [1.165, 1.54) is 18.0 Å². The summed E-state index contributed by atoms with van der Waals surface area (Å²) in [7, 11) is 0. The van der Waals surface area contributed by atoms with E-state index in [2.05, 4.69) is 20.9 Å². The van der Waals surface area contributed by atoms with Gasteiger partial charge in [-0.3, -0.25) is 10.1 Å². The van der Waals surface area contributed by atoms with Gasteiger partial charge >= 0.3 is 0 Å². The highest BCUT2D eigenvalue weighted by Crippen LogP contribution is 2.33. The van der Waals surface area contributed by atoms with E-state index in [1.807, 2.05) is 0 Å². The maximum Gasteiger partial charge on any atom is 0.291 e. The minimum Gasteiger partial charge on any atom is -0.396 e. The summed E-state index contributed by atoms with van der Waals surface area (Å²) in [5.41, 5.74) is 0.588. The molecule has 7 heteroatoms. The number of hydrogen-bond donors (Lipinski definition) is 1. The topological polar surface area (TPSA) is 76.3 Å². The summed E-state index contributed by atoms with van der Waals surface area (Å²) >= 11 is 4.77. The molecule has 0 unspecified atom stereocenters. The van der Waals surface area contributed by atoms with Crippen molar-refractivity contribution in [3.05, 3.63) is 26.3 Å². The van der Waals surface area contributed by atoms with Crippen LogP contribution in [0.15, 0.2) is 15.7 Å². The number of aromatic nitrogens is 1. The fourth-order valence-electron chi connectivity index (χ4n) is 1.06. The van der Waals surface area contributed by atoms with Gasteiger partial charge in [-0.05, 0) is 29.3 Å². The molecule has 1 aromatic rings. The van der Waals surface area contributed by atoms with E-state index in [9.17, 15) is 10.1 Å². The molecule has 0 bridgehead atoms. The predicted molar refractivity (Wildman–Crippen MR) is 65.8 cm³/mol. The smallest absolute Gasteiger partial charge is 0.291 e. The van der Waals surface area contributed by atoms with Gasteiger partial charge in [0.2, 0.25) is 0 Å². The van der Waals surface area contributed by atoms with Gasteiger partial charge < -0.3 is 5.11 Å². The van der Waals surface area contributed by atoms with Crippen LogP contribution in [0, 0.1) is 17.0 Å². The Kier molecular flexibility index (Phi) is 5.17. The average Bonchev–Trinajstić information content (AvgIpc) is 2.24. The molecule has 1 rings (SSSR count). The first-order valence-corrected chi connectivity index (χ1v) is 6.39. The van der Waals surface area contributed by atoms with Gasteiger partial charge in [0.1, 0.15) is 11.2 Å². The average molecular weight is 307 g/mol. The highest BCUT2D eigenvalue weighted by atomic mass is 79.9. The second-order valence-corrected chi connectivity index (χ2v) is 4.95. The third-order valence-corrected chi connectivity index (χ3v) is 4.25. The van der Waals surface area contributed by atoms with Crippen LogP contribution in [-0.4, -0.2) is 27.4 Å². The minimum absolute atomic E-state index is 0.0124. The molecule has 0 aliphatic carbocycles. The lowest BCUT2D eigenvalue weighted by atomic mass is 10.3. The lowest BCUT2D eigenvalue weighted by molar-refractivity contribution is -0.385. The van der Waals surface area contributed by atoms with E-state index in [-0.39, 0.29) is 12.3 Å². The van der Waals surface area contributed by atoms with Crippen LogP contribution in [0.25, 0.3) is 0 Å². The van der Waals surface area contributed by atoms with Gasteiger partial charge in [-0.2, -0.15) is 0 Å². The fraction of sp³-hybridized carbons (Fsp3) is 0.444.